The maximum absolute atomic E-state index is 12.7. The molecule has 0 aliphatic rings. The highest BCUT2D eigenvalue weighted by atomic mass is 79.9. The molecule has 0 saturated heterocycles. The second-order valence-electron chi connectivity index (χ2n) is 3.59. The summed E-state index contributed by atoms with van der Waals surface area (Å²) in [6.07, 6.45) is -4.53. The molecule has 0 amide bonds. The molecule has 0 radical (unpaired) electrons. The van der Waals surface area contributed by atoms with Crippen molar-refractivity contribution < 1.29 is 22.6 Å². The number of alkyl halides is 4. The van der Waals surface area contributed by atoms with Gasteiger partial charge in [0.2, 0.25) is 0 Å². The van der Waals surface area contributed by atoms with Gasteiger partial charge in [0.15, 0.2) is 16.9 Å². The third kappa shape index (κ3) is 4.18. The fraction of sp³-hybridized carbons (Fsp3) is 0.500. The number of hydrogen-bond donors (Lipinski definition) is 0. The molecule has 0 aromatic heterocycles. The van der Waals surface area contributed by atoms with Crippen LogP contribution in [0.2, 0.25) is 0 Å². The Balaban J connectivity index is 3.23. The van der Waals surface area contributed by atoms with E-state index >= 15 is 0 Å². The molecular weight excluding hydrogens is 348 g/mol. The van der Waals surface area contributed by atoms with E-state index in [2.05, 4.69) is 15.9 Å². The van der Waals surface area contributed by atoms with Gasteiger partial charge in [-0.1, -0.05) is 15.9 Å². The zero-order valence-electron chi connectivity index (χ0n) is 10.4. The first-order valence-electron chi connectivity index (χ1n) is 5.61. The Morgan fingerprint density at radius 3 is 2.05 bits per heavy atom. The van der Waals surface area contributed by atoms with E-state index in [1.54, 1.807) is 13.8 Å². The molecule has 0 aliphatic heterocycles. The minimum absolute atomic E-state index is 0.0962. The summed E-state index contributed by atoms with van der Waals surface area (Å²) in [5.74, 6) is 0.628. The molecule has 19 heavy (non-hydrogen) atoms. The molecule has 1 unspecified atom stereocenters. The van der Waals surface area contributed by atoms with Crippen LogP contribution in [0.4, 0.5) is 13.2 Å². The highest BCUT2D eigenvalue weighted by Crippen LogP contribution is 2.44. The molecule has 1 aromatic rings. The molecule has 0 bridgehead atoms. The van der Waals surface area contributed by atoms with Crippen molar-refractivity contribution in [3.8, 4) is 11.5 Å². The molecular formula is C12H13BrClF3O2. The molecule has 0 fully saturated rings. The van der Waals surface area contributed by atoms with Gasteiger partial charge in [-0.05, 0) is 31.5 Å². The summed E-state index contributed by atoms with van der Waals surface area (Å²) in [6.45, 7) is 4.21. The lowest BCUT2D eigenvalue weighted by Gasteiger charge is -2.18. The topological polar surface area (TPSA) is 18.5 Å². The molecule has 108 valence electrons. The number of ether oxygens (including phenoxy) is 2. The van der Waals surface area contributed by atoms with Crippen molar-refractivity contribution in [2.45, 2.75) is 25.4 Å². The van der Waals surface area contributed by atoms with Crippen molar-refractivity contribution in [2.75, 3.05) is 13.2 Å². The summed E-state index contributed by atoms with van der Waals surface area (Å²) in [4.78, 5) is 0. The van der Waals surface area contributed by atoms with Gasteiger partial charge < -0.3 is 9.47 Å². The Morgan fingerprint density at radius 1 is 1.16 bits per heavy atom. The maximum Gasteiger partial charge on any atom is 0.408 e. The van der Waals surface area contributed by atoms with Crippen molar-refractivity contribution in [1.29, 1.82) is 0 Å². The quantitative estimate of drug-likeness (QED) is 0.680. The number of benzene rings is 1. The van der Waals surface area contributed by atoms with Crippen LogP contribution in [0.25, 0.3) is 0 Å². The van der Waals surface area contributed by atoms with Gasteiger partial charge in [-0.2, -0.15) is 13.2 Å². The smallest absolute Gasteiger partial charge is 0.408 e. The van der Waals surface area contributed by atoms with Crippen LogP contribution in [0.5, 0.6) is 11.5 Å². The Morgan fingerprint density at radius 2 is 1.63 bits per heavy atom. The van der Waals surface area contributed by atoms with Crippen LogP contribution in [0.1, 0.15) is 24.8 Å². The Labute approximate surface area is 123 Å². The van der Waals surface area contributed by atoms with E-state index in [1.165, 1.54) is 12.1 Å². The largest absolute Gasteiger partial charge is 0.490 e. The SMILES string of the molecule is CCOc1cc(Br)c(C(Cl)C(F)(F)F)cc1OCC. The third-order valence-electron chi connectivity index (χ3n) is 2.22. The minimum atomic E-state index is -4.53. The number of rotatable bonds is 5. The van der Waals surface area contributed by atoms with Crippen LogP contribution >= 0.6 is 27.5 Å². The molecule has 0 saturated carbocycles. The summed E-state index contributed by atoms with van der Waals surface area (Å²) >= 11 is 8.51. The molecule has 1 atom stereocenters. The van der Waals surface area contributed by atoms with Gasteiger partial charge in [-0.3, -0.25) is 0 Å². The first-order chi connectivity index (χ1) is 8.81. The Hall–Kier alpha value is -0.620. The van der Waals surface area contributed by atoms with Crippen LogP contribution in [0, 0.1) is 0 Å². The Bertz CT molecular complexity index is 438. The first kappa shape index (κ1) is 16.4. The van der Waals surface area contributed by atoms with Crippen LogP contribution in [0.15, 0.2) is 16.6 Å². The first-order valence-corrected chi connectivity index (χ1v) is 6.84. The van der Waals surface area contributed by atoms with Crippen molar-refractivity contribution in [3.05, 3.63) is 22.2 Å². The summed E-state index contributed by atoms with van der Waals surface area (Å²) in [7, 11) is 0. The summed E-state index contributed by atoms with van der Waals surface area (Å²) in [6, 6.07) is 2.69. The van der Waals surface area contributed by atoms with Crippen molar-refractivity contribution in [1.82, 2.24) is 0 Å². The van der Waals surface area contributed by atoms with Crippen molar-refractivity contribution in [2.24, 2.45) is 0 Å². The average molecular weight is 362 g/mol. The molecule has 0 N–H and O–H groups in total. The van der Waals surface area contributed by atoms with E-state index in [4.69, 9.17) is 21.1 Å². The zero-order chi connectivity index (χ0) is 14.6. The van der Waals surface area contributed by atoms with Gasteiger partial charge in [-0.15, -0.1) is 11.6 Å². The van der Waals surface area contributed by atoms with E-state index in [1.807, 2.05) is 0 Å². The lowest BCUT2D eigenvalue weighted by Crippen LogP contribution is -2.16. The summed E-state index contributed by atoms with van der Waals surface area (Å²) < 4.78 is 48.8. The maximum atomic E-state index is 12.7. The zero-order valence-corrected chi connectivity index (χ0v) is 12.7. The van der Waals surface area contributed by atoms with Gasteiger partial charge in [-0.25, -0.2) is 0 Å². The fourth-order valence-electron chi connectivity index (χ4n) is 1.46. The summed E-state index contributed by atoms with van der Waals surface area (Å²) in [5, 5.41) is -2.10. The van der Waals surface area contributed by atoms with Gasteiger partial charge in [0.05, 0.1) is 13.2 Å². The molecule has 2 nitrogen and oxygen atoms in total. The predicted molar refractivity (Wildman–Crippen MR) is 71.1 cm³/mol. The second-order valence-corrected chi connectivity index (χ2v) is 4.88. The highest BCUT2D eigenvalue weighted by molar-refractivity contribution is 9.10. The molecule has 0 spiro atoms. The van der Waals surface area contributed by atoms with Crippen molar-refractivity contribution in [3.63, 3.8) is 0 Å². The third-order valence-corrected chi connectivity index (χ3v) is 3.39. The second kappa shape index (κ2) is 6.70. The highest BCUT2D eigenvalue weighted by Gasteiger charge is 2.40. The van der Waals surface area contributed by atoms with E-state index in [9.17, 15) is 13.2 Å². The normalized spacial score (nSPS) is 13.2. The van der Waals surface area contributed by atoms with E-state index < -0.39 is 11.6 Å². The van der Waals surface area contributed by atoms with Crippen LogP contribution in [-0.4, -0.2) is 19.4 Å². The molecule has 1 rings (SSSR count). The van der Waals surface area contributed by atoms with E-state index in [-0.39, 0.29) is 15.8 Å². The Kier molecular flexibility index (Phi) is 5.80. The van der Waals surface area contributed by atoms with Crippen molar-refractivity contribution >= 4 is 27.5 Å². The van der Waals surface area contributed by atoms with Crippen LogP contribution in [-0.2, 0) is 0 Å². The van der Waals surface area contributed by atoms with E-state index in [0.717, 1.165) is 0 Å². The fourth-order valence-corrected chi connectivity index (χ4v) is 2.32. The predicted octanol–water partition coefficient (Wildman–Crippen LogP) is 5.09. The lowest BCUT2D eigenvalue weighted by atomic mass is 10.1. The van der Waals surface area contributed by atoms with Gasteiger partial charge in [0.25, 0.3) is 0 Å². The monoisotopic (exact) mass is 360 g/mol. The number of halogens is 5. The van der Waals surface area contributed by atoms with Crippen LogP contribution in [0.3, 0.4) is 0 Å². The molecule has 0 heterocycles. The molecule has 0 aliphatic carbocycles. The van der Waals surface area contributed by atoms with Gasteiger partial charge in [0.1, 0.15) is 0 Å². The van der Waals surface area contributed by atoms with E-state index in [0.29, 0.717) is 19.0 Å². The number of hydrogen-bond acceptors (Lipinski definition) is 2. The molecule has 7 heteroatoms. The standard InChI is InChI=1S/C12H13BrClF3O2/c1-3-18-9-5-7(11(14)12(15,16)17)8(13)6-10(9)19-4-2/h5-6,11H,3-4H2,1-2H3. The van der Waals surface area contributed by atoms with Gasteiger partial charge in [0, 0.05) is 4.47 Å². The average Bonchev–Trinajstić information content (AvgIpc) is 2.31. The molecule has 1 aromatic carbocycles. The van der Waals surface area contributed by atoms with Crippen LogP contribution < -0.4 is 9.47 Å². The minimum Gasteiger partial charge on any atom is -0.490 e. The van der Waals surface area contributed by atoms with Gasteiger partial charge >= 0.3 is 6.18 Å². The lowest BCUT2D eigenvalue weighted by molar-refractivity contribution is -0.131. The summed E-state index contributed by atoms with van der Waals surface area (Å²) in [5.41, 5.74) is -0.0962.